The molecule has 0 amide bonds. The van der Waals surface area contributed by atoms with E-state index in [1.54, 1.807) is 4.52 Å². The zero-order valence-electron chi connectivity index (χ0n) is 16.0. The first-order valence-electron chi connectivity index (χ1n) is 9.38. The van der Waals surface area contributed by atoms with Gasteiger partial charge in [-0.2, -0.15) is 9.50 Å². The van der Waals surface area contributed by atoms with Crippen LogP contribution in [0.4, 0.5) is 0 Å². The molecule has 144 valence electrons. The third kappa shape index (κ3) is 3.36. The summed E-state index contributed by atoms with van der Waals surface area (Å²) in [5.41, 5.74) is 3.91. The molecule has 0 aliphatic carbocycles. The predicted molar refractivity (Wildman–Crippen MR) is 112 cm³/mol. The lowest BCUT2D eigenvalue weighted by atomic mass is 10.1. The lowest BCUT2D eigenvalue weighted by molar-refractivity contribution is 0.391. The number of benzene rings is 2. The fraction of sp³-hybridized carbons (Fsp3) is 0.190. The maximum absolute atomic E-state index is 5.45. The third-order valence-electron chi connectivity index (χ3n) is 4.67. The molecule has 0 N–H and O–H groups in total. The summed E-state index contributed by atoms with van der Waals surface area (Å²) in [7, 11) is 0. The lowest BCUT2D eigenvalue weighted by Crippen LogP contribution is -1.98. The topological polar surface area (TPSA) is 82.0 Å². The van der Waals surface area contributed by atoms with Crippen LogP contribution in [0.1, 0.15) is 24.2 Å². The third-order valence-corrected chi connectivity index (χ3v) is 5.58. The summed E-state index contributed by atoms with van der Waals surface area (Å²) in [5, 5.41) is 10.3. The van der Waals surface area contributed by atoms with Crippen molar-refractivity contribution in [2.24, 2.45) is 0 Å². The predicted octanol–water partition coefficient (Wildman–Crippen LogP) is 4.49. The van der Waals surface area contributed by atoms with Gasteiger partial charge >= 0.3 is 0 Å². The van der Waals surface area contributed by atoms with E-state index >= 15 is 0 Å². The Morgan fingerprint density at radius 3 is 2.66 bits per heavy atom. The number of para-hydroxylation sites is 1. The summed E-state index contributed by atoms with van der Waals surface area (Å²) in [6.45, 7) is 4.01. The van der Waals surface area contributed by atoms with Crippen LogP contribution in [0.25, 0.3) is 27.9 Å². The number of aromatic nitrogens is 6. The maximum Gasteiger partial charge on any atom is 0.237 e. The normalized spacial score (nSPS) is 11.5. The average molecular weight is 402 g/mol. The van der Waals surface area contributed by atoms with Crippen LogP contribution in [0, 0.1) is 6.92 Å². The number of rotatable bonds is 5. The second-order valence-corrected chi connectivity index (χ2v) is 7.60. The molecule has 0 saturated heterocycles. The molecule has 0 bridgehead atoms. The van der Waals surface area contributed by atoms with E-state index in [1.807, 2.05) is 43.3 Å². The lowest BCUT2D eigenvalue weighted by Gasteiger charge is -2.04. The Bertz CT molecular complexity index is 1310. The van der Waals surface area contributed by atoms with Gasteiger partial charge < -0.3 is 4.52 Å². The van der Waals surface area contributed by atoms with Crippen LogP contribution in [0.2, 0.25) is 0 Å². The first-order chi connectivity index (χ1) is 14.2. The molecule has 0 spiro atoms. The van der Waals surface area contributed by atoms with E-state index in [4.69, 9.17) is 9.51 Å². The molecule has 0 radical (unpaired) electrons. The number of nitrogens with zero attached hydrogens (tertiary/aromatic N) is 6. The number of hydrogen-bond acceptors (Lipinski definition) is 7. The Kier molecular flexibility index (Phi) is 4.48. The van der Waals surface area contributed by atoms with Gasteiger partial charge in [0.15, 0.2) is 10.8 Å². The minimum atomic E-state index is 0.499. The van der Waals surface area contributed by atoms with Crippen molar-refractivity contribution >= 4 is 28.3 Å². The summed E-state index contributed by atoms with van der Waals surface area (Å²) in [6.07, 6.45) is 1.00. The van der Waals surface area contributed by atoms with Gasteiger partial charge in [-0.1, -0.05) is 60.2 Å². The van der Waals surface area contributed by atoms with Crippen LogP contribution in [0.15, 0.2) is 58.2 Å². The first-order valence-corrected chi connectivity index (χ1v) is 10.4. The smallest absolute Gasteiger partial charge is 0.237 e. The molecular weight excluding hydrogens is 384 g/mol. The standard InChI is InChI=1S/C21H18N6OS/c1-3-14-8-10-15(11-9-14)19-24-18(28-26-19)12-29-21-23-17-7-5-4-6-16(17)20-22-13(2)25-27(20)21/h4-11H,3,12H2,1-2H3. The van der Waals surface area contributed by atoms with Crippen molar-refractivity contribution < 1.29 is 4.52 Å². The molecule has 3 heterocycles. The highest BCUT2D eigenvalue weighted by molar-refractivity contribution is 7.98. The molecular formula is C21H18N6OS. The largest absolute Gasteiger partial charge is 0.338 e. The Morgan fingerprint density at radius 2 is 1.83 bits per heavy atom. The molecule has 0 fully saturated rings. The van der Waals surface area contributed by atoms with Crippen molar-refractivity contribution in [3.8, 4) is 11.4 Å². The molecule has 0 aliphatic rings. The van der Waals surface area contributed by atoms with Gasteiger partial charge in [-0.15, -0.1) is 5.10 Å². The van der Waals surface area contributed by atoms with E-state index in [0.29, 0.717) is 23.3 Å². The second kappa shape index (κ2) is 7.29. The summed E-state index contributed by atoms with van der Waals surface area (Å²) >= 11 is 1.50. The highest BCUT2D eigenvalue weighted by Crippen LogP contribution is 2.26. The minimum Gasteiger partial charge on any atom is -0.338 e. The van der Waals surface area contributed by atoms with Gasteiger partial charge in [0.05, 0.1) is 11.3 Å². The minimum absolute atomic E-state index is 0.499. The zero-order valence-corrected chi connectivity index (χ0v) is 16.8. The van der Waals surface area contributed by atoms with Crippen LogP contribution >= 0.6 is 11.8 Å². The van der Waals surface area contributed by atoms with Crippen molar-refractivity contribution in [3.63, 3.8) is 0 Å². The molecule has 2 aromatic carbocycles. The van der Waals surface area contributed by atoms with Gasteiger partial charge in [0.1, 0.15) is 5.82 Å². The second-order valence-electron chi connectivity index (χ2n) is 6.66. The fourth-order valence-electron chi connectivity index (χ4n) is 3.17. The van der Waals surface area contributed by atoms with E-state index in [1.165, 1.54) is 17.3 Å². The van der Waals surface area contributed by atoms with Gasteiger partial charge in [0.25, 0.3) is 0 Å². The highest BCUT2D eigenvalue weighted by atomic mass is 32.2. The molecule has 29 heavy (non-hydrogen) atoms. The molecule has 3 aromatic heterocycles. The Labute approximate surface area is 171 Å². The van der Waals surface area contributed by atoms with Crippen molar-refractivity contribution in [2.45, 2.75) is 31.2 Å². The van der Waals surface area contributed by atoms with Gasteiger partial charge in [-0.3, -0.25) is 0 Å². The van der Waals surface area contributed by atoms with Crippen LogP contribution in [0.3, 0.4) is 0 Å². The van der Waals surface area contributed by atoms with Crippen LogP contribution < -0.4 is 0 Å². The van der Waals surface area contributed by atoms with Crippen molar-refractivity contribution in [3.05, 3.63) is 65.8 Å². The molecule has 8 heteroatoms. The van der Waals surface area contributed by atoms with Crippen LogP contribution in [-0.4, -0.2) is 29.7 Å². The highest BCUT2D eigenvalue weighted by Gasteiger charge is 2.15. The van der Waals surface area contributed by atoms with Crippen molar-refractivity contribution in [1.29, 1.82) is 0 Å². The summed E-state index contributed by atoms with van der Waals surface area (Å²) in [6, 6.07) is 16.2. The monoisotopic (exact) mass is 402 g/mol. The summed E-state index contributed by atoms with van der Waals surface area (Å²) < 4.78 is 7.23. The van der Waals surface area contributed by atoms with E-state index < -0.39 is 0 Å². The first kappa shape index (κ1) is 17.8. The fourth-order valence-corrected chi connectivity index (χ4v) is 3.96. The van der Waals surface area contributed by atoms with E-state index in [-0.39, 0.29) is 0 Å². The van der Waals surface area contributed by atoms with Crippen molar-refractivity contribution in [1.82, 2.24) is 29.7 Å². The number of hydrogen-bond donors (Lipinski definition) is 0. The molecule has 5 aromatic rings. The molecule has 5 rings (SSSR count). The van der Waals surface area contributed by atoms with Gasteiger partial charge in [-0.05, 0) is 31.0 Å². The van der Waals surface area contributed by atoms with Crippen molar-refractivity contribution in [2.75, 3.05) is 0 Å². The van der Waals surface area contributed by atoms with E-state index in [0.717, 1.165) is 33.7 Å². The summed E-state index contributed by atoms with van der Waals surface area (Å²) in [4.78, 5) is 13.8. The van der Waals surface area contributed by atoms with Gasteiger partial charge in [0, 0.05) is 10.9 Å². The average Bonchev–Trinajstić information content (AvgIpc) is 3.39. The Morgan fingerprint density at radius 1 is 1.00 bits per heavy atom. The van der Waals surface area contributed by atoms with Crippen LogP contribution in [0.5, 0.6) is 0 Å². The molecule has 0 aliphatic heterocycles. The quantitative estimate of drug-likeness (QED) is 0.316. The van der Waals surface area contributed by atoms with Crippen LogP contribution in [-0.2, 0) is 12.2 Å². The van der Waals surface area contributed by atoms with E-state index in [2.05, 4.69) is 39.3 Å². The summed E-state index contributed by atoms with van der Waals surface area (Å²) in [5.74, 6) is 2.35. The number of thioether (sulfide) groups is 1. The van der Waals surface area contributed by atoms with E-state index in [9.17, 15) is 0 Å². The number of aryl methyl sites for hydroxylation is 2. The van der Waals surface area contributed by atoms with Gasteiger partial charge in [-0.25, -0.2) is 9.97 Å². The Hall–Kier alpha value is -3.26. The van der Waals surface area contributed by atoms with Gasteiger partial charge in [0.2, 0.25) is 11.7 Å². The molecule has 0 unspecified atom stereocenters. The molecule has 0 atom stereocenters. The zero-order chi connectivity index (χ0) is 19.8. The Balaban J connectivity index is 1.42. The molecule has 7 nitrogen and oxygen atoms in total. The SMILES string of the molecule is CCc1ccc(-c2noc(CSc3nc4ccccc4c4nc(C)nn34)n2)cc1. The maximum atomic E-state index is 5.45. The number of fused-ring (bicyclic) bond motifs is 3. The molecule has 0 saturated carbocycles.